The molecule has 4 aliphatic rings. The summed E-state index contributed by atoms with van der Waals surface area (Å²) in [6.07, 6.45) is 1.91. The molecule has 0 aromatic heterocycles. The third kappa shape index (κ3) is 3.63. The number of amides is 2. The Labute approximate surface area is 162 Å². The molecule has 4 aliphatic carbocycles. The number of nitrogens with one attached hydrogen (secondary N) is 1. The molecule has 0 aliphatic heterocycles. The molecule has 7 heteroatoms. The summed E-state index contributed by atoms with van der Waals surface area (Å²) in [6, 6.07) is 3.70. The van der Waals surface area contributed by atoms with Crippen molar-refractivity contribution in [3.05, 3.63) is 35.4 Å². The van der Waals surface area contributed by atoms with Crippen molar-refractivity contribution in [2.45, 2.75) is 57.2 Å². The molecule has 0 radical (unpaired) electrons. The highest BCUT2D eigenvalue weighted by Crippen LogP contribution is 2.60. The van der Waals surface area contributed by atoms with Gasteiger partial charge in [0.05, 0.1) is 5.56 Å². The third-order valence-corrected chi connectivity index (χ3v) is 6.89. The van der Waals surface area contributed by atoms with E-state index in [0.717, 1.165) is 31.4 Å². The van der Waals surface area contributed by atoms with E-state index in [-0.39, 0.29) is 12.3 Å². The van der Waals surface area contributed by atoms with Crippen LogP contribution >= 0.6 is 0 Å². The fraction of sp³-hybridized carbons (Fsp3) is 0.619. The summed E-state index contributed by atoms with van der Waals surface area (Å²) >= 11 is 0. The highest BCUT2D eigenvalue weighted by Gasteiger charge is 2.54. The van der Waals surface area contributed by atoms with Gasteiger partial charge in [-0.1, -0.05) is 12.1 Å². The van der Waals surface area contributed by atoms with Gasteiger partial charge < -0.3 is 11.1 Å². The maximum Gasteiger partial charge on any atom is 0.416 e. The van der Waals surface area contributed by atoms with E-state index in [9.17, 15) is 22.8 Å². The molecule has 1 atom stereocenters. The van der Waals surface area contributed by atoms with Gasteiger partial charge in [0.25, 0.3) is 0 Å². The van der Waals surface area contributed by atoms with Gasteiger partial charge in [0, 0.05) is 11.8 Å². The van der Waals surface area contributed by atoms with E-state index in [1.165, 1.54) is 31.4 Å². The third-order valence-electron chi connectivity index (χ3n) is 6.89. The molecule has 4 nitrogen and oxygen atoms in total. The van der Waals surface area contributed by atoms with Crippen molar-refractivity contribution in [2.75, 3.05) is 0 Å². The van der Waals surface area contributed by atoms with Crippen LogP contribution in [0.1, 0.15) is 49.7 Å². The summed E-state index contributed by atoms with van der Waals surface area (Å²) in [7, 11) is 0. The van der Waals surface area contributed by atoms with Crippen LogP contribution in [0.5, 0.6) is 0 Å². The first-order valence-corrected chi connectivity index (χ1v) is 9.91. The zero-order valence-corrected chi connectivity index (χ0v) is 15.6. The number of halogens is 3. The normalized spacial score (nSPS) is 32.2. The van der Waals surface area contributed by atoms with E-state index in [2.05, 4.69) is 5.32 Å². The molecule has 4 saturated carbocycles. The minimum Gasteiger partial charge on any atom is -0.368 e. The smallest absolute Gasteiger partial charge is 0.368 e. The molecule has 3 N–H and O–H groups in total. The van der Waals surface area contributed by atoms with Crippen LogP contribution in [0.15, 0.2) is 24.3 Å². The molecule has 0 unspecified atom stereocenters. The van der Waals surface area contributed by atoms with E-state index >= 15 is 0 Å². The Kier molecular flexibility index (Phi) is 4.67. The molecule has 4 bridgehead atoms. The highest BCUT2D eigenvalue weighted by molar-refractivity contribution is 5.89. The predicted molar refractivity (Wildman–Crippen MR) is 96.9 cm³/mol. The minimum absolute atomic E-state index is 0.0889. The van der Waals surface area contributed by atoms with E-state index in [1.54, 1.807) is 0 Å². The van der Waals surface area contributed by atoms with Crippen LogP contribution in [0, 0.1) is 23.2 Å². The van der Waals surface area contributed by atoms with Crippen LogP contribution in [0.25, 0.3) is 0 Å². The van der Waals surface area contributed by atoms with Gasteiger partial charge in [-0.2, -0.15) is 13.2 Å². The molecule has 4 fully saturated rings. The van der Waals surface area contributed by atoms with Crippen LogP contribution in [0.3, 0.4) is 0 Å². The van der Waals surface area contributed by atoms with Crippen molar-refractivity contribution in [1.29, 1.82) is 0 Å². The number of hydrogen-bond donors (Lipinski definition) is 2. The van der Waals surface area contributed by atoms with Gasteiger partial charge in [0.15, 0.2) is 0 Å². The fourth-order valence-corrected chi connectivity index (χ4v) is 5.99. The largest absolute Gasteiger partial charge is 0.416 e. The lowest BCUT2D eigenvalue weighted by Crippen LogP contribution is -2.57. The number of benzene rings is 1. The second-order valence-electron chi connectivity index (χ2n) is 9.03. The first-order chi connectivity index (χ1) is 13.1. The maximum atomic E-state index is 13.1. The van der Waals surface area contributed by atoms with Crippen molar-refractivity contribution in [1.82, 2.24) is 5.32 Å². The molecule has 0 spiro atoms. The Morgan fingerprint density at radius 1 is 1.04 bits per heavy atom. The van der Waals surface area contributed by atoms with Crippen LogP contribution in [-0.2, 0) is 22.2 Å². The van der Waals surface area contributed by atoms with Crippen molar-refractivity contribution < 1.29 is 22.8 Å². The second-order valence-corrected chi connectivity index (χ2v) is 9.03. The van der Waals surface area contributed by atoms with Crippen molar-refractivity contribution in [3.8, 4) is 0 Å². The molecule has 5 rings (SSSR count). The number of alkyl halides is 3. The van der Waals surface area contributed by atoms with Crippen molar-refractivity contribution in [2.24, 2.45) is 28.9 Å². The van der Waals surface area contributed by atoms with Crippen LogP contribution in [0.4, 0.5) is 13.2 Å². The Morgan fingerprint density at radius 3 is 1.96 bits per heavy atom. The molecular weight excluding hydrogens is 369 g/mol. The van der Waals surface area contributed by atoms with Gasteiger partial charge in [0.1, 0.15) is 6.04 Å². The summed E-state index contributed by atoms with van der Waals surface area (Å²) in [5.41, 5.74) is 4.87. The van der Waals surface area contributed by atoms with Gasteiger partial charge in [-0.05, 0) is 74.0 Å². The molecule has 1 aromatic rings. The monoisotopic (exact) mass is 394 g/mol. The predicted octanol–water partition coefficient (Wildman–Crippen LogP) is 3.43. The molecule has 0 heterocycles. The van der Waals surface area contributed by atoms with E-state index in [1.807, 2.05) is 0 Å². The van der Waals surface area contributed by atoms with Crippen molar-refractivity contribution >= 4 is 11.8 Å². The van der Waals surface area contributed by atoms with E-state index in [4.69, 9.17) is 5.73 Å². The van der Waals surface area contributed by atoms with Crippen molar-refractivity contribution in [3.63, 3.8) is 0 Å². The molecule has 28 heavy (non-hydrogen) atoms. The SMILES string of the molecule is NC(=O)[C@H](Cc1ccc(C(F)(F)F)cc1)NC(=O)C12CC3CC(CC(C3)C1)C2. The zero-order valence-electron chi connectivity index (χ0n) is 15.6. The van der Waals surface area contributed by atoms with Gasteiger partial charge in [-0.25, -0.2) is 0 Å². The lowest BCUT2D eigenvalue weighted by atomic mass is 9.49. The molecule has 152 valence electrons. The average Bonchev–Trinajstić information content (AvgIpc) is 2.59. The Balaban J connectivity index is 1.45. The van der Waals surface area contributed by atoms with Gasteiger partial charge in [0.2, 0.25) is 11.8 Å². The standard InChI is InChI=1S/C21H25F3N2O2/c22-21(23,24)16-3-1-12(2-4-16)8-17(18(25)27)26-19(28)20-9-13-5-14(10-20)7-15(6-13)11-20/h1-4,13-15,17H,5-11H2,(H2,25,27)(H,26,28)/t13?,14?,15?,17-,20?/m0/s1. The van der Waals surface area contributed by atoms with Gasteiger partial charge >= 0.3 is 6.18 Å². The van der Waals surface area contributed by atoms with E-state index in [0.29, 0.717) is 23.3 Å². The lowest BCUT2D eigenvalue weighted by Gasteiger charge is -2.55. The van der Waals surface area contributed by atoms with E-state index < -0.39 is 29.1 Å². The number of nitrogens with two attached hydrogens (primary N) is 1. The Morgan fingerprint density at radius 2 is 1.54 bits per heavy atom. The quantitative estimate of drug-likeness (QED) is 0.803. The maximum absolute atomic E-state index is 13.1. The highest BCUT2D eigenvalue weighted by atomic mass is 19.4. The number of carbonyl (C=O) groups excluding carboxylic acids is 2. The average molecular weight is 394 g/mol. The number of rotatable bonds is 5. The number of primary amides is 1. The zero-order chi connectivity index (χ0) is 20.1. The van der Waals surface area contributed by atoms with Gasteiger partial charge in [-0.3, -0.25) is 9.59 Å². The summed E-state index contributed by atoms with van der Waals surface area (Å²) in [5.74, 6) is 1.01. The van der Waals surface area contributed by atoms with Crippen LogP contribution < -0.4 is 11.1 Å². The molecule has 0 saturated heterocycles. The first-order valence-electron chi connectivity index (χ1n) is 9.91. The number of hydrogen-bond acceptors (Lipinski definition) is 2. The Hall–Kier alpha value is -2.05. The summed E-state index contributed by atoms with van der Waals surface area (Å²) in [6.45, 7) is 0. The van der Waals surface area contributed by atoms with Crippen LogP contribution in [-0.4, -0.2) is 17.9 Å². The number of carbonyl (C=O) groups is 2. The molecular formula is C21H25F3N2O2. The Bertz CT molecular complexity index is 738. The second kappa shape index (κ2) is 6.78. The summed E-state index contributed by atoms with van der Waals surface area (Å²) < 4.78 is 38.1. The van der Waals surface area contributed by atoms with Gasteiger partial charge in [-0.15, -0.1) is 0 Å². The lowest BCUT2D eigenvalue weighted by molar-refractivity contribution is -0.148. The fourth-order valence-electron chi connectivity index (χ4n) is 5.99. The van der Waals surface area contributed by atoms with Crippen LogP contribution in [0.2, 0.25) is 0 Å². The summed E-state index contributed by atoms with van der Waals surface area (Å²) in [5, 5.41) is 2.83. The molecule has 1 aromatic carbocycles. The molecule has 2 amide bonds. The minimum atomic E-state index is -4.41. The summed E-state index contributed by atoms with van der Waals surface area (Å²) in [4.78, 5) is 25.0. The topological polar surface area (TPSA) is 72.2 Å². The first kappa shape index (κ1) is 19.3.